The number of anilines is 1. The van der Waals surface area contributed by atoms with Gasteiger partial charge in [0.15, 0.2) is 0 Å². The Hall–Kier alpha value is -2.06. The number of aromatic nitrogens is 2. The van der Waals surface area contributed by atoms with Crippen molar-refractivity contribution in [2.24, 2.45) is 0 Å². The van der Waals surface area contributed by atoms with Crippen LogP contribution in [0, 0.1) is 12.7 Å². The Bertz CT molecular complexity index is 994. The SMILES string of the molecule is CCS(=O)(=O)N1CCC[C@H]1c1nc(C)c2c(n1)N(Cc1ccc(F)cc1)CCC2. The molecule has 1 fully saturated rings. The van der Waals surface area contributed by atoms with E-state index in [1.807, 2.05) is 6.92 Å². The number of benzene rings is 1. The van der Waals surface area contributed by atoms with Crippen LogP contribution in [0.5, 0.6) is 0 Å². The molecule has 0 spiro atoms. The molecule has 1 saturated heterocycles. The van der Waals surface area contributed by atoms with Crippen LogP contribution in [-0.2, 0) is 23.0 Å². The van der Waals surface area contributed by atoms with Gasteiger partial charge in [-0.05, 0) is 57.2 Å². The van der Waals surface area contributed by atoms with Crippen molar-refractivity contribution in [3.63, 3.8) is 0 Å². The number of nitrogens with zero attached hydrogens (tertiary/aromatic N) is 4. The van der Waals surface area contributed by atoms with Gasteiger partial charge in [-0.25, -0.2) is 22.8 Å². The molecule has 1 aromatic carbocycles. The Morgan fingerprint density at radius 3 is 2.62 bits per heavy atom. The maximum absolute atomic E-state index is 13.3. The highest BCUT2D eigenvalue weighted by atomic mass is 32.2. The standard InChI is InChI=1S/C21H27FN4O2S/c1-3-29(27,28)26-13-5-7-19(26)20-23-15(2)18-6-4-12-25(21(18)24-20)14-16-8-10-17(22)11-9-16/h8-11,19H,3-7,12-14H2,1-2H3/t19-/m0/s1. The van der Waals surface area contributed by atoms with Gasteiger partial charge in [0, 0.05) is 30.9 Å². The monoisotopic (exact) mass is 418 g/mol. The maximum Gasteiger partial charge on any atom is 0.214 e. The summed E-state index contributed by atoms with van der Waals surface area (Å²) in [6.45, 7) is 5.69. The second-order valence-corrected chi connectivity index (χ2v) is 10.0. The lowest BCUT2D eigenvalue weighted by Crippen LogP contribution is -2.35. The van der Waals surface area contributed by atoms with Crippen molar-refractivity contribution in [1.29, 1.82) is 0 Å². The average molecular weight is 419 g/mol. The third-order valence-electron chi connectivity index (χ3n) is 5.87. The van der Waals surface area contributed by atoms with Crippen LogP contribution in [0.1, 0.15) is 54.9 Å². The molecule has 3 heterocycles. The summed E-state index contributed by atoms with van der Waals surface area (Å²) in [5.41, 5.74) is 3.08. The molecule has 0 unspecified atom stereocenters. The fourth-order valence-corrected chi connectivity index (χ4v) is 5.65. The minimum absolute atomic E-state index is 0.0874. The first kappa shape index (κ1) is 20.2. The second-order valence-electron chi connectivity index (χ2n) is 7.79. The zero-order valence-electron chi connectivity index (χ0n) is 16.9. The first-order valence-corrected chi connectivity index (χ1v) is 11.9. The quantitative estimate of drug-likeness (QED) is 0.745. The van der Waals surface area contributed by atoms with Gasteiger partial charge in [0.05, 0.1) is 11.8 Å². The van der Waals surface area contributed by atoms with Crippen molar-refractivity contribution in [1.82, 2.24) is 14.3 Å². The maximum atomic E-state index is 13.3. The summed E-state index contributed by atoms with van der Waals surface area (Å²) >= 11 is 0. The van der Waals surface area contributed by atoms with Crippen LogP contribution in [0.3, 0.4) is 0 Å². The minimum Gasteiger partial charge on any atom is -0.352 e. The predicted octanol–water partition coefficient (Wildman–Crippen LogP) is 3.36. The van der Waals surface area contributed by atoms with E-state index in [1.165, 1.54) is 12.1 Å². The summed E-state index contributed by atoms with van der Waals surface area (Å²) in [5, 5.41) is 0. The molecule has 8 heteroatoms. The Labute approximate surface area is 171 Å². The number of hydrogen-bond acceptors (Lipinski definition) is 5. The highest BCUT2D eigenvalue weighted by Gasteiger charge is 2.37. The van der Waals surface area contributed by atoms with E-state index < -0.39 is 10.0 Å². The van der Waals surface area contributed by atoms with Gasteiger partial charge in [-0.2, -0.15) is 4.31 Å². The second kappa shape index (κ2) is 7.99. The number of rotatable bonds is 5. The summed E-state index contributed by atoms with van der Waals surface area (Å²) in [5.74, 6) is 1.33. The highest BCUT2D eigenvalue weighted by Crippen LogP contribution is 2.36. The van der Waals surface area contributed by atoms with Gasteiger partial charge in [0.1, 0.15) is 17.5 Å². The van der Waals surface area contributed by atoms with E-state index in [0.717, 1.165) is 54.9 Å². The van der Waals surface area contributed by atoms with Gasteiger partial charge in [0.2, 0.25) is 10.0 Å². The fourth-order valence-electron chi connectivity index (χ4n) is 4.32. The lowest BCUT2D eigenvalue weighted by atomic mass is 10.0. The molecule has 0 saturated carbocycles. The number of hydrogen-bond donors (Lipinski definition) is 0. The predicted molar refractivity (Wildman–Crippen MR) is 111 cm³/mol. The fraction of sp³-hybridized carbons (Fsp3) is 0.524. The third-order valence-corrected chi connectivity index (χ3v) is 7.76. The smallest absolute Gasteiger partial charge is 0.214 e. The lowest BCUT2D eigenvalue weighted by molar-refractivity contribution is 0.383. The van der Waals surface area contributed by atoms with Crippen LogP contribution in [0.2, 0.25) is 0 Å². The van der Waals surface area contributed by atoms with E-state index in [1.54, 1.807) is 23.4 Å². The first-order chi connectivity index (χ1) is 13.9. The molecule has 0 amide bonds. The average Bonchev–Trinajstić information content (AvgIpc) is 3.21. The van der Waals surface area contributed by atoms with Crippen LogP contribution in [-0.4, -0.2) is 41.5 Å². The van der Waals surface area contributed by atoms with Gasteiger partial charge in [-0.1, -0.05) is 12.1 Å². The van der Waals surface area contributed by atoms with Crippen LogP contribution < -0.4 is 4.90 Å². The van der Waals surface area contributed by atoms with Crippen molar-refractivity contribution in [3.05, 3.63) is 52.7 Å². The number of aryl methyl sites for hydroxylation is 1. The van der Waals surface area contributed by atoms with Crippen LogP contribution in [0.4, 0.5) is 10.2 Å². The molecular formula is C21H27FN4O2S. The van der Waals surface area contributed by atoms with E-state index in [0.29, 0.717) is 18.9 Å². The first-order valence-electron chi connectivity index (χ1n) is 10.3. The van der Waals surface area contributed by atoms with Crippen LogP contribution in [0.15, 0.2) is 24.3 Å². The Morgan fingerprint density at radius 1 is 1.14 bits per heavy atom. The lowest BCUT2D eigenvalue weighted by Gasteiger charge is -2.32. The Kier molecular flexibility index (Phi) is 5.57. The van der Waals surface area contributed by atoms with Gasteiger partial charge in [-0.15, -0.1) is 0 Å². The van der Waals surface area contributed by atoms with Crippen LogP contribution >= 0.6 is 0 Å². The molecule has 2 aliphatic rings. The van der Waals surface area contributed by atoms with Gasteiger partial charge >= 0.3 is 0 Å². The summed E-state index contributed by atoms with van der Waals surface area (Å²) in [4.78, 5) is 11.8. The van der Waals surface area contributed by atoms with E-state index in [-0.39, 0.29) is 17.6 Å². The topological polar surface area (TPSA) is 66.4 Å². The molecule has 1 aromatic heterocycles. The molecule has 2 aromatic rings. The molecule has 156 valence electrons. The van der Waals surface area contributed by atoms with Gasteiger partial charge < -0.3 is 4.90 Å². The van der Waals surface area contributed by atoms with E-state index in [4.69, 9.17) is 9.97 Å². The minimum atomic E-state index is -3.29. The summed E-state index contributed by atoms with van der Waals surface area (Å²) < 4.78 is 39.9. The summed E-state index contributed by atoms with van der Waals surface area (Å²) in [7, 11) is -3.29. The van der Waals surface area contributed by atoms with Crippen molar-refractivity contribution < 1.29 is 12.8 Å². The zero-order chi connectivity index (χ0) is 20.6. The summed E-state index contributed by atoms with van der Waals surface area (Å²) in [6, 6.07) is 6.25. The van der Waals surface area contributed by atoms with Crippen molar-refractivity contribution in [2.75, 3.05) is 23.7 Å². The molecule has 2 aliphatic heterocycles. The van der Waals surface area contributed by atoms with Crippen LogP contribution in [0.25, 0.3) is 0 Å². The normalized spacial score (nSPS) is 20.1. The van der Waals surface area contributed by atoms with Crippen molar-refractivity contribution in [2.45, 2.75) is 52.1 Å². The number of halogens is 1. The highest BCUT2D eigenvalue weighted by molar-refractivity contribution is 7.89. The Balaban J connectivity index is 1.69. The Morgan fingerprint density at radius 2 is 1.90 bits per heavy atom. The largest absolute Gasteiger partial charge is 0.352 e. The number of sulfonamides is 1. The number of fused-ring (bicyclic) bond motifs is 1. The van der Waals surface area contributed by atoms with E-state index in [9.17, 15) is 12.8 Å². The zero-order valence-corrected chi connectivity index (χ0v) is 17.8. The van der Waals surface area contributed by atoms with Crippen molar-refractivity contribution >= 4 is 15.8 Å². The van der Waals surface area contributed by atoms with Gasteiger partial charge in [0.25, 0.3) is 0 Å². The summed E-state index contributed by atoms with van der Waals surface area (Å²) in [6.07, 6.45) is 3.50. The third kappa shape index (κ3) is 4.00. The molecule has 1 atom stereocenters. The van der Waals surface area contributed by atoms with E-state index >= 15 is 0 Å². The molecular weight excluding hydrogens is 391 g/mol. The molecule has 29 heavy (non-hydrogen) atoms. The van der Waals surface area contributed by atoms with Crippen molar-refractivity contribution in [3.8, 4) is 0 Å². The molecule has 4 rings (SSSR count). The molecule has 0 bridgehead atoms. The molecule has 0 radical (unpaired) electrons. The van der Waals surface area contributed by atoms with E-state index in [2.05, 4.69) is 4.90 Å². The van der Waals surface area contributed by atoms with Gasteiger partial charge in [-0.3, -0.25) is 0 Å². The molecule has 6 nitrogen and oxygen atoms in total. The molecule has 0 aliphatic carbocycles. The molecule has 0 N–H and O–H groups in total.